The van der Waals surface area contributed by atoms with E-state index in [-0.39, 0.29) is 12.4 Å². The Morgan fingerprint density at radius 3 is 2.75 bits per heavy atom. The third kappa shape index (κ3) is 4.08. The van der Waals surface area contributed by atoms with Crippen LogP contribution in [-0.2, 0) is 13.1 Å². The molecule has 0 aliphatic carbocycles. The monoisotopic (exact) mass is 270 g/mol. The smallest absolute Gasteiger partial charge is 0.174 e. The van der Waals surface area contributed by atoms with Crippen LogP contribution < -0.4 is 10.1 Å². The second-order valence-corrected chi connectivity index (χ2v) is 4.29. The molecule has 0 saturated heterocycles. The van der Waals surface area contributed by atoms with E-state index < -0.39 is 0 Å². The zero-order valence-electron chi connectivity index (χ0n) is 11.0. The molecule has 0 aromatic heterocycles. The number of benzene rings is 2. The summed E-state index contributed by atoms with van der Waals surface area (Å²) in [4.78, 5) is 0. The van der Waals surface area contributed by atoms with Gasteiger partial charge in [0.15, 0.2) is 6.61 Å². The first-order chi connectivity index (χ1) is 9.79. The molecule has 2 aromatic rings. The van der Waals surface area contributed by atoms with E-state index in [1.807, 2.05) is 30.3 Å². The van der Waals surface area contributed by atoms with Crippen molar-refractivity contribution in [3.63, 3.8) is 0 Å². The maximum absolute atomic E-state index is 13.4. The summed E-state index contributed by atoms with van der Waals surface area (Å²) in [6, 6.07) is 16.1. The fourth-order valence-electron chi connectivity index (χ4n) is 1.84. The van der Waals surface area contributed by atoms with Crippen LogP contribution in [0.3, 0.4) is 0 Å². The Morgan fingerprint density at radius 2 is 1.95 bits per heavy atom. The van der Waals surface area contributed by atoms with Crippen LogP contribution in [0.4, 0.5) is 4.39 Å². The molecular formula is C16H15FN2O. The molecule has 4 heteroatoms. The maximum Gasteiger partial charge on any atom is 0.174 e. The van der Waals surface area contributed by atoms with Gasteiger partial charge in [-0.1, -0.05) is 30.3 Å². The van der Waals surface area contributed by atoms with Crippen molar-refractivity contribution in [3.05, 3.63) is 65.5 Å². The van der Waals surface area contributed by atoms with Crippen LogP contribution in [-0.4, -0.2) is 6.61 Å². The van der Waals surface area contributed by atoms with Crippen LogP contribution in [0, 0.1) is 17.1 Å². The average Bonchev–Trinajstić information content (AvgIpc) is 2.48. The standard InChI is InChI=1S/C16H15FN2O/c17-16-7-2-1-5-14(16)12-19-11-13-4-3-6-15(10-13)20-9-8-18/h1-7,10,19H,9,11-12H2. The maximum atomic E-state index is 13.4. The normalized spacial score (nSPS) is 10.0. The second kappa shape index (κ2) is 7.27. The zero-order chi connectivity index (χ0) is 14.2. The van der Waals surface area contributed by atoms with Crippen LogP contribution in [0.2, 0.25) is 0 Å². The molecule has 0 saturated carbocycles. The lowest BCUT2D eigenvalue weighted by atomic mass is 10.2. The first-order valence-corrected chi connectivity index (χ1v) is 6.32. The fraction of sp³-hybridized carbons (Fsp3) is 0.188. The van der Waals surface area contributed by atoms with E-state index in [9.17, 15) is 4.39 Å². The van der Waals surface area contributed by atoms with Gasteiger partial charge >= 0.3 is 0 Å². The van der Waals surface area contributed by atoms with Gasteiger partial charge in [-0.15, -0.1) is 0 Å². The molecule has 0 aliphatic rings. The molecule has 102 valence electrons. The summed E-state index contributed by atoms with van der Waals surface area (Å²) in [5.74, 6) is 0.461. The van der Waals surface area contributed by atoms with Crippen LogP contribution in [0.15, 0.2) is 48.5 Å². The van der Waals surface area contributed by atoms with Crippen molar-refractivity contribution >= 4 is 0 Å². The van der Waals surface area contributed by atoms with Crippen molar-refractivity contribution in [2.75, 3.05) is 6.61 Å². The van der Waals surface area contributed by atoms with E-state index in [1.54, 1.807) is 18.2 Å². The number of halogens is 1. The Hall–Kier alpha value is -2.38. The Kier molecular flexibility index (Phi) is 5.10. The van der Waals surface area contributed by atoms with Gasteiger partial charge in [0.05, 0.1) is 0 Å². The number of hydrogen-bond acceptors (Lipinski definition) is 3. The van der Waals surface area contributed by atoms with Crippen LogP contribution in [0.25, 0.3) is 0 Å². The third-order valence-electron chi connectivity index (χ3n) is 2.80. The lowest BCUT2D eigenvalue weighted by Crippen LogP contribution is -2.13. The van der Waals surface area contributed by atoms with E-state index in [0.717, 1.165) is 5.56 Å². The molecule has 0 unspecified atom stereocenters. The summed E-state index contributed by atoms with van der Waals surface area (Å²) in [6.07, 6.45) is 0. The molecule has 0 spiro atoms. The zero-order valence-corrected chi connectivity index (χ0v) is 11.0. The predicted molar refractivity (Wildman–Crippen MR) is 74.5 cm³/mol. The minimum Gasteiger partial charge on any atom is -0.479 e. The molecule has 0 aliphatic heterocycles. The number of nitriles is 1. The highest BCUT2D eigenvalue weighted by Crippen LogP contribution is 2.13. The number of ether oxygens (including phenoxy) is 1. The van der Waals surface area contributed by atoms with Crippen LogP contribution in [0.1, 0.15) is 11.1 Å². The number of nitrogens with zero attached hydrogens (tertiary/aromatic N) is 1. The van der Waals surface area contributed by atoms with E-state index in [1.165, 1.54) is 6.07 Å². The molecule has 0 radical (unpaired) electrons. The van der Waals surface area contributed by atoms with Crippen molar-refractivity contribution in [1.29, 1.82) is 5.26 Å². The van der Waals surface area contributed by atoms with Gasteiger partial charge < -0.3 is 10.1 Å². The Bertz CT molecular complexity index is 607. The Balaban J connectivity index is 1.88. The first kappa shape index (κ1) is 14.0. The fourth-order valence-corrected chi connectivity index (χ4v) is 1.84. The van der Waals surface area contributed by atoms with Gasteiger partial charge in [0.1, 0.15) is 17.6 Å². The SMILES string of the molecule is N#CCOc1cccc(CNCc2ccccc2F)c1. The van der Waals surface area contributed by atoms with Gasteiger partial charge in [-0.3, -0.25) is 0 Å². The molecule has 0 fully saturated rings. The van der Waals surface area contributed by atoms with E-state index >= 15 is 0 Å². The molecule has 0 bridgehead atoms. The van der Waals surface area contributed by atoms with Crippen LogP contribution in [0.5, 0.6) is 5.75 Å². The lowest BCUT2D eigenvalue weighted by molar-refractivity contribution is 0.367. The highest BCUT2D eigenvalue weighted by Gasteiger charge is 2.01. The van der Waals surface area contributed by atoms with Crippen molar-refractivity contribution in [3.8, 4) is 11.8 Å². The second-order valence-electron chi connectivity index (χ2n) is 4.29. The summed E-state index contributed by atoms with van der Waals surface area (Å²) in [7, 11) is 0. The minimum absolute atomic E-state index is 0.0338. The molecule has 2 aromatic carbocycles. The van der Waals surface area contributed by atoms with Gasteiger partial charge in [-0.25, -0.2) is 4.39 Å². The molecule has 2 rings (SSSR count). The minimum atomic E-state index is -0.203. The topological polar surface area (TPSA) is 45.0 Å². The van der Waals surface area contributed by atoms with Crippen molar-refractivity contribution in [2.45, 2.75) is 13.1 Å². The Morgan fingerprint density at radius 1 is 1.10 bits per heavy atom. The van der Waals surface area contributed by atoms with Gasteiger partial charge in [-0.2, -0.15) is 5.26 Å². The average molecular weight is 270 g/mol. The van der Waals surface area contributed by atoms with Gasteiger partial charge in [0.25, 0.3) is 0 Å². The first-order valence-electron chi connectivity index (χ1n) is 6.32. The van der Waals surface area contributed by atoms with Crippen molar-refractivity contribution < 1.29 is 9.13 Å². The summed E-state index contributed by atoms with van der Waals surface area (Å²) < 4.78 is 18.7. The van der Waals surface area contributed by atoms with E-state index in [2.05, 4.69) is 5.32 Å². The van der Waals surface area contributed by atoms with Crippen molar-refractivity contribution in [1.82, 2.24) is 5.32 Å². The highest BCUT2D eigenvalue weighted by molar-refractivity contribution is 5.28. The number of nitrogens with one attached hydrogen (secondary N) is 1. The van der Waals surface area contributed by atoms with Crippen LogP contribution >= 0.6 is 0 Å². The number of hydrogen-bond donors (Lipinski definition) is 1. The molecule has 0 atom stereocenters. The summed E-state index contributed by atoms with van der Waals surface area (Å²) in [5, 5.41) is 11.6. The quantitative estimate of drug-likeness (QED) is 0.877. The highest BCUT2D eigenvalue weighted by atomic mass is 19.1. The molecular weight excluding hydrogens is 255 g/mol. The lowest BCUT2D eigenvalue weighted by Gasteiger charge is -2.08. The summed E-state index contributed by atoms with van der Waals surface area (Å²) in [6.45, 7) is 1.11. The molecule has 1 N–H and O–H groups in total. The molecule has 0 heterocycles. The van der Waals surface area contributed by atoms with Gasteiger partial charge in [0, 0.05) is 18.7 Å². The molecule has 3 nitrogen and oxygen atoms in total. The Labute approximate surface area is 117 Å². The van der Waals surface area contributed by atoms with Crippen molar-refractivity contribution in [2.24, 2.45) is 0 Å². The summed E-state index contributed by atoms with van der Waals surface area (Å²) >= 11 is 0. The summed E-state index contributed by atoms with van der Waals surface area (Å²) in [5.41, 5.74) is 1.67. The van der Waals surface area contributed by atoms with E-state index in [4.69, 9.17) is 10.00 Å². The number of rotatable bonds is 6. The van der Waals surface area contributed by atoms with E-state index in [0.29, 0.717) is 24.4 Å². The molecule has 20 heavy (non-hydrogen) atoms. The largest absolute Gasteiger partial charge is 0.479 e. The predicted octanol–water partition coefficient (Wildman–Crippen LogP) is 3.02. The van der Waals surface area contributed by atoms with Gasteiger partial charge in [0.2, 0.25) is 0 Å². The van der Waals surface area contributed by atoms with Gasteiger partial charge in [-0.05, 0) is 23.8 Å². The molecule has 0 amide bonds. The third-order valence-corrected chi connectivity index (χ3v) is 2.80.